The van der Waals surface area contributed by atoms with Crippen molar-refractivity contribution in [3.05, 3.63) is 0 Å². The van der Waals surface area contributed by atoms with Crippen molar-refractivity contribution in [3.8, 4) is 0 Å². The lowest BCUT2D eigenvalue weighted by molar-refractivity contribution is -0.125. The predicted molar refractivity (Wildman–Crippen MR) is 81.5 cm³/mol. The van der Waals surface area contributed by atoms with Crippen molar-refractivity contribution in [2.75, 3.05) is 33.7 Å². The van der Waals surface area contributed by atoms with Gasteiger partial charge in [-0.25, -0.2) is 0 Å². The largest absolute Gasteiger partial charge is 0.303 e. The van der Waals surface area contributed by atoms with E-state index in [0.29, 0.717) is 5.78 Å². The molecule has 1 unspecified atom stereocenters. The van der Waals surface area contributed by atoms with E-state index in [2.05, 4.69) is 30.8 Å². The van der Waals surface area contributed by atoms with E-state index in [1.54, 1.807) is 0 Å². The fourth-order valence-corrected chi connectivity index (χ4v) is 2.78. The van der Waals surface area contributed by atoms with Crippen molar-refractivity contribution in [1.29, 1.82) is 0 Å². The van der Waals surface area contributed by atoms with Gasteiger partial charge >= 0.3 is 0 Å². The van der Waals surface area contributed by atoms with Crippen LogP contribution in [0.4, 0.5) is 0 Å². The fourth-order valence-electron chi connectivity index (χ4n) is 2.78. The molecule has 1 saturated heterocycles. The van der Waals surface area contributed by atoms with Gasteiger partial charge in [0, 0.05) is 26.1 Å². The van der Waals surface area contributed by atoms with Crippen molar-refractivity contribution in [2.45, 2.75) is 64.3 Å². The van der Waals surface area contributed by atoms with E-state index in [-0.39, 0.29) is 6.04 Å². The Bertz CT molecular complexity index is 255. The predicted octanol–water partition coefficient (Wildman–Crippen LogP) is 2.94. The first-order valence-corrected chi connectivity index (χ1v) is 8.06. The molecule has 3 heteroatoms. The summed E-state index contributed by atoms with van der Waals surface area (Å²) in [5.74, 6) is 0.447. The summed E-state index contributed by atoms with van der Waals surface area (Å²) >= 11 is 0. The zero-order chi connectivity index (χ0) is 14.1. The number of unbranched alkanes of at least 4 members (excludes halogenated alkanes) is 6. The number of carbonyl (C=O) groups is 1. The average molecular weight is 268 g/mol. The fraction of sp³-hybridized carbons (Fsp3) is 0.938. The van der Waals surface area contributed by atoms with Gasteiger partial charge in [-0.2, -0.15) is 0 Å². The van der Waals surface area contributed by atoms with Crippen molar-refractivity contribution in [2.24, 2.45) is 0 Å². The minimum Gasteiger partial charge on any atom is -0.303 e. The molecule has 0 N–H and O–H groups in total. The molecule has 0 amide bonds. The lowest BCUT2D eigenvalue weighted by Gasteiger charge is -2.36. The minimum absolute atomic E-state index is 0.138. The Kier molecular flexibility index (Phi) is 8.31. The molecule has 1 heterocycles. The summed E-state index contributed by atoms with van der Waals surface area (Å²) in [5.41, 5.74) is 0. The van der Waals surface area contributed by atoms with Crippen LogP contribution in [0.25, 0.3) is 0 Å². The number of carbonyl (C=O) groups excluding carboxylic acids is 1. The van der Waals surface area contributed by atoms with Gasteiger partial charge in [0.1, 0.15) is 0 Å². The zero-order valence-corrected chi connectivity index (χ0v) is 13.2. The summed E-state index contributed by atoms with van der Waals surface area (Å²) in [7, 11) is 4.20. The van der Waals surface area contributed by atoms with Crippen LogP contribution in [0.15, 0.2) is 0 Å². The van der Waals surface area contributed by atoms with Crippen LogP contribution < -0.4 is 0 Å². The van der Waals surface area contributed by atoms with Crippen LogP contribution in [0.1, 0.15) is 58.3 Å². The van der Waals surface area contributed by atoms with E-state index < -0.39 is 0 Å². The molecule has 0 aliphatic carbocycles. The van der Waals surface area contributed by atoms with Crippen LogP contribution in [0, 0.1) is 0 Å². The number of nitrogens with zero attached hydrogens (tertiary/aromatic N) is 2. The van der Waals surface area contributed by atoms with Gasteiger partial charge in [-0.1, -0.05) is 45.4 Å². The zero-order valence-electron chi connectivity index (χ0n) is 13.2. The second-order valence-electron chi connectivity index (χ2n) is 6.10. The van der Waals surface area contributed by atoms with Gasteiger partial charge < -0.3 is 4.90 Å². The second-order valence-corrected chi connectivity index (χ2v) is 6.10. The molecule has 3 nitrogen and oxygen atoms in total. The molecule has 1 aliphatic rings. The molecule has 1 fully saturated rings. The highest BCUT2D eigenvalue weighted by atomic mass is 16.1. The lowest BCUT2D eigenvalue weighted by Crippen LogP contribution is -2.53. The third kappa shape index (κ3) is 6.53. The lowest BCUT2D eigenvalue weighted by atomic mass is 10.0. The number of likely N-dealkylation sites (N-methyl/N-ethyl adjacent to an activating group) is 2. The molecule has 0 bridgehead atoms. The smallest absolute Gasteiger partial charge is 0.151 e. The average Bonchev–Trinajstić information content (AvgIpc) is 2.40. The Labute approximate surface area is 119 Å². The van der Waals surface area contributed by atoms with Crippen LogP contribution >= 0.6 is 0 Å². The Balaban J connectivity index is 2.09. The van der Waals surface area contributed by atoms with Gasteiger partial charge in [0.05, 0.1) is 6.04 Å². The standard InChI is InChI=1S/C16H32N2O/c1-4-5-6-7-8-9-10-11-16(19)15-14-17(2)12-13-18(15)3/h15H,4-14H2,1-3H3. The molecule has 0 saturated carbocycles. The molecule has 0 aromatic heterocycles. The minimum atomic E-state index is 0.138. The van der Waals surface area contributed by atoms with E-state index in [4.69, 9.17) is 0 Å². The first kappa shape index (κ1) is 16.6. The number of rotatable bonds is 9. The quantitative estimate of drug-likeness (QED) is 0.601. The Morgan fingerprint density at radius 3 is 2.32 bits per heavy atom. The van der Waals surface area contributed by atoms with Gasteiger partial charge in [0.2, 0.25) is 0 Å². The van der Waals surface area contributed by atoms with Gasteiger partial charge in [-0.15, -0.1) is 0 Å². The van der Waals surface area contributed by atoms with E-state index in [9.17, 15) is 4.79 Å². The molecular formula is C16H32N2O. The van der Waals surface area contributed by atoms with E-state index in [1.807, 2.05) is 0 Å². The number of piperazine rings is 1. The van der Waals surface area contributed by atoms with Crippen molar-refractivity contribution in [3.63, 3.8) is 0 Å². The summed E-state index contributed by atoms with van der Waals surface area (Å²) < 4.78 is 0. The van der Waals surface area contributed by atoms with Crippen molar-refractivity contribution in [1.82, 2.24) is 9.80 Å². The maximum absolute atomic E-state index is 12.2. The van der Waals surface area contributed by atoms with Crippen LogP contribution in [-0.2, 0) is 4.79 Å². The summed E-state index contributed by atoms with van der Waals surface area (Å²) in [6, 6.07) is 0.138. The molecule has 0 aromatic rings. The highest BCUT2D eigenvalue weighted by Crippen LogP contribution is 2.13. The molecule has 0 aromatic carbocycles. The molecule has 1 atom stereocenters. The molecule has 0 radical (unpaired) electrons. The van der Waals surface area contributed by atoms with Gasteiger partial charge in [0.15, 0.2) is 5.78 Å². The molecule has 19 heavy (non-hydrogen) atoms. The molecule has 0 spiro atoms. The van der Waals surface area contributed by atoms with E-state index >= 15 is 0 Å². The summed E-state index contributed by atoms with van der Waals surface area (Å²) in [5, 5.41) is 0. The monoisotopic (exact) mass is 268 g/mol. The van der Waals surface area contributed by atoms with Gasteiger partial charge in [-0.05, 0) is 20.5 Å². The summed E-state index contributed by atoms with van der Waals surface area (Å²) in [6.07, 6.45) is 9.75. The first-order valence-electron chi connectivity index (χ1n) is 8.06. The molecule has 1 rings (SSSR count). The van der Waals surface area contributed by atoms with Crippen LogP contribution in [0.3, 0.4) is 0 Å². The maximum atomic E-state index is 12.2. The highest BCUT2D eigenvalue weighted by Gasteiger charge is 2.27. The topological polar surface area (TPSA) is 23.6 Å². The van der Waals surface area contributed by atoms with Crippen LogP contribution in [0.2, 0.25) is 0 Å². The van der Waals surface area contributed by atoms with Gasteiger partial charge in [-0.3, -0.25) is 9.69 Å². The van der Waals surface area contributed by atoms with Crippen molar-refractivity contribution < 1.29 is 4.79 Å². The molecule has 1 aliphatic heterocycles. The maximum Gasteiger partial charge on any atom is 0.151 e. The normalized spacial score (nSPS) is 21.7. The summed E-state index contributed by atoms with van der Waals surface area (Å²) in [4.78, 5) is 16.7. The summed E-state index contributed by atoms with van der Waals surface area (Å²) in [6.45, 7) is 5.25. The molecular weight excluding hydrogens is 236 g/mol. The molecule has 112 valence electrons. The first-order chi connectivity index (χ1) is 9.15. The Hall–Kier alpha value is -0.410. The second kappa shape index (κ2) is 9.49. The SMILES string of the molecule is CCCCCCCCCC(=O)C1CN(C)CCN1C. The third-order valence-electron chi connectivity index (χ3n) is 4.25. The third-order valence-corrected chi connectivity index (χ3v) is 4.25. The number of ketones is 1. The highest BCUT2D eigenvalue weighted by molar-refractivity contribution is 5.84. The van der Waals surface area contributed by atoms with E-state index in [0.717, 1.165) is 32.5 Å². The van der Waals surface area contributed by atoms with E-state index in [1.165, 1.54) is 38.5 Å². The Morgan fingerprint density at radius 1 is 1.00 bits per heavy atom. The number of hydrogen-bond acceptors (Lipinski definition) is 3. The Morgan fingerprint density at radius 2 is 1.63 bits per heavy atom. The van der Waals surface area contributed by atoms with Gasteiger partial charge in [0.25, 0.3) is 0 Å². The van der Waals surface area contributed by atoms with Crippen molar-refractivity contribution >= 4 is 5.78 Å². The van der Waals surface area contributed by atoms with Crippen LogP contribution in [0.5, 0.6) is 0 Å². The number of hydrogen-bond donors (Lipinski definition) is 0. The van der Waals surface area contributed by atoms with Crippen LogP contribution in [-0.4, -0.2) is 55.4 Å². The number of Topliss-reactive ketones (excluding diaryl/α,β-unsaturated/α-hetero) is 1.